The van der Waals surface area contributed by atoms with Crippen LogP contribution in [0.2, 0.25) is 0 Å². The lowest BCUT2D eigenvalue weighted by atomic mass is 9.95. The third-order valence-corrected chi connectivity index (χ3v) is 6.21. The molecule has 0 N–H and O–H groups in total. The minimum absolute atomic E-state index is 0.00397. The van der Waals surface area contributed by atoms with Crippen molar-refractivity contribution in [3.8, 4) is 0 Å². The van der Waals surface area contributed by atoms with Gasteiger partial charge < -0.3 is 4.57 Å². The summed E-state index contributed by atoms with van der Waals surface area (Å²) in [4.78, 5) is 18.9. The van der Waals surface area contributed by atoms with Gasteiger partial charge in [0, 0.05) is 39.7 Å². The molecule has 0 amide bonds. The fraction of sp³-hybridized carbons (Fsp3) is 0.0714. The topological polar surface area (TPSA) is 34.9 Å². The van der Waals surface area contributed by atoms with Gasteiger partial charge in [-0.2, -0.15) is 0 Å². The van der Waals surface area contributed by atoms with Crippen molar-refractivity contribution in [2.75, 3.05) is 0 Å². The molecule has 6 rings (SSSR count). The molecule has 0 saturated heterocycles. The van der Waals surface area contributed by atoms with Crippen LogP contribution in [0.15, 0.2) is 84.9 Å². The highest BCUT2D eigenvalue weighted by atomic mass is 16.1. The molecule has 3 nitrogen and oxygen atoms in total. The van der Waals surface area contributed by atoms with Crippen LogP contribution in [-0.4, -0.2) is 15.3 Å². The van der Waals surface area contributed by atoms with Crippen molar-refractivity contribution in [2.45, 2.75) is 6.92 Å². The number of hydrogen-bond acceptors (Lipinski definition) is 2. The van der Waals surface area contributed by atoms with Crippen molar-refractivity contribution >= 4 is 49.4 Å². The Morgan fingerprint density at radius 1 is 0.806 bits per heavy atom. The van der Waals surface area contributed by atoms with Crippen molar-refractivity contribution < 1.29 is 4.79 Å². The molecule has 0 saturated carbocycles. The van der Waals surface area contributed by atoms with Gasteiger partial charge >= 0.3 is 0 Å². The second-order valence-electron chi connectivity index (χ2n) is 8.17. The first-order chi connectivity index (χ1) is 15.1. The molecule has 0 unspecified atom stereocenters. The summed E-state index contributed by atoms with van der Waals surface area (Å²) in [5, 5.41) is 4.28. The van der Waals surface area contributed by atoms with Crippen LogP contribution >= 0.6 is 0 Å². The van der Waals surface area contributed by atoms with E-state index in [-0.39, 0.29) is 5.78 Å². The summed E-state index contributed by atoms with van der Waals surface area (Å²) >= 11 is 0. The van der Waals surface area contributed by atoms with Gasteiger partial charge in [0.25, 0.3) is 0 Å². The van der Waals surface area contributed by atoms with Gasteiger partial charge in [0.1, 0.15) is 0 Å². The smallest absolute Gasteiger partial charge is 0.197 e. The molecule has 31 heavy (non-hydrogen) atoms. The summed E-state index contributed by atoms with van der Waals surface area (Å²) in [6, 6.07) is 28.5. The van der Waals surface area contributed by atoms with Gasteiger partial charge in [-0.3, -0.25) is 4.79 Å². The number of aryl methyl sites for hydroxylation is 2. The summed E-state index contributed by atoms with van der Waals surface area (Å²) in [6.07, 6.45) is 0. The van der Waals surface area contributed by atoms with E-state index in [1.807, 2.05) is 68.6 Å². The minimum atomic E-state index is 0.00397. The molecule has 0 fully saturated rings. The zero-order chi connectivity index (χ0) is 21.1. The molecule has 0 aliphatic rings. The van der Waals surface area contributed by atoms with E-state index in [9.17, 15) is 4.79 Å². The predicted molar refractivity (Wildman–Crippen MR) is 128 cm³/mol. The van der Waals surface area contributed by atoms with Gasteiger partial charge in [-0.05, 0) is 31.2 Å². The second kappa shape index (κ2) is 6.51. The Bertz CT molecular complexity index is 1660. The molecule has 6 aromatic rings. The molecule has 148 valence electrons. The van der Waals surface area contributed by atoms with Gasteiger partial charge in [-0.1, -0.05) is 66.2 Å². The van der Waals surface area contributed by atoms with Crippen LogP contribution in [0, 0.1) is 6.92 Å². The summed E-state index contributed by atoms with van der Waals surface area (Å²) in [6.45, 7) is 2.03. The van der Waals surface area contributed by atoms with E-state index in [1.54, 1.807) is 0 Å². The summed E-state index contributed by atoms with van der Waals surface area (Å²) in [5.41, 5.74) is 6.17. The Hall–Kier alpha value is -3.98. The van der Waals surface area contributed by atoms with Crippen molar-refractivity contribution in [1.29, 1.82) is 0 Å². The monoisotopic (exact) mass is 400 g/mol. The molecular formula is C28H20N2O. The molecule has 2 aromatic heterocycles. The lowest BCUT2D eigenvalue weighted by Gasteiger charge is -2.11. The molecular weight excluding hydrogens is 380 g/mol. The summed E-state index contributed by atoms with van der Waals surface area (Å²) in [7, 11) is 2.03. The van der Waals surface area contributed by atoms with E-state index in [1.165, 1.54) is 0 Å². The normalized spacial score (nSPS) is 11.7. The number of nitrogens with zero attached hydrogens (tertiary/aromatic N) is 2. The third kappa shape index (κ3) is 2.60. The maximum Gasteiger partial charge on any atom is 0.197 e. The number of para-hydroxylation sites is 2. The number of pyridine rings is 1. The average molecular weight is 400 g/mol. The molecule has 0 aliphatic carbocycles. The van der Waals surface area contributed by atoms with Crippen LogP contribution in [0.4, 0.5) is 0 Å². The third-order valence-electron chi connectivity index (χ3n) is 6.21. The van der Waals surface area contributed by atoms with Gasteiger partial charge in [0.15, 0.2) is 5.78 Å². The number of fused-ring (bicyclic) bond motifs is 5. The van der Waals surface area contributed by atoms with Gasteiger partial charge in [0.05, 0.1) is 22.1 Å². The minimum Gasteiger partial charge on any atom is -0.343 e. The van der Waals surface area contributed by atoms with Crippen LogP contribution < -0.4 is 0 Å². The van der Waals surface area contributed by atoms with E-state index >= 15 is 0 Å². The van der Waals surface area contributed by atoms with Crippen molar-refractivity contribution in [1.82, 2.24) is 9.55 Å². The summed E-state index contributed by atoms with van der Waals surface area (Å²) in [5.74, 6) is 0.00397. The van der Waals surface area contributed by atoms with Crippen LogP contribution in [0.5, 0.6) is 0 Å². The first kappa shape index (κ1) is 17.8. The zero-order valence-electron chi connectivity index (χ0n) is 17.4. The molecule has 2 heterocycles. The van der Waals surface area contributed by atoms with E-state index in [2.05, 4.69) is 34.9 Å². The Balaban J connectivity index is 1.82. The first-order valence-corrected chi connectivity index (χ1v) is 10.4. The quantitative estimate of drug-likeness (QED) is 0.243. The maximum absolute atomic E-state index is 13.9. The largest absolute Gasteiger partial charge is 0.343 e. The van der Waals surface area contributed by atoms with E-state index in [0.29, 0.717) is 11.1 Å². The maximum atomic E-state index is 13.9. The number of benzene rings is 4. The average Bonchev–Trinajstić information content (AvgIpc) is 3.08. The van der Waals surface area contributed by atoms with Crippen molar-refractivity contribution in [3.05, 3.63) is 102 Å². The second-order valence-corrected chi connectivity index (χ2v) is 8.17. The lowest BCUT2D eigenvalue weighted by molar-refractivity contribution is 0.104. The number of aromatic nitrogens is 2. The highest BCUT2D eigenvalue weighted by molar-refractivity contribution is 6.27. The van der Waals surface area contributed by atoms with Crippen LogP contribution in [0.3, 0.4) is 0 Å². The predicted octanol–water partition coefficient (Wildman–Crippen LogP) is 6.57. The number of rotatable bonds is 2. The fourth-order valence-corrected chi connectivity index (χ4v) is 4.65. The van der Waals surface area contributed by atoms with E-state index in [0.717, 1.165) is 49.2 Å². The molecule has 3 heteroatoms. The Kier molecular flexibility index (Phi) is 3.75. The van der Waals surface area contributed by atoms with Crippen molar-refractivity contribution in [3.63, 3.8) is 0 Å². The Morgan fingerprint density at radius 2 is 1.55 bits per heavy atom. The number of carbonyl (C=O) groups excluding carboxylic acids is 1. The molecule has 0 bridgehead atoms. The summed E-state index contributed by atoms with van der Waals surface area (Å²) < 4.78 is 2.13. The number of ketones is 1. The van der Waals surface area contributed by atoms with Gasteiger partial charge in [0.2, 0.25) is 0 Å². The molecule has 0 radical (unpaired) electrons. The number of carbonyl (C=O) groups is 1. The van der Waals surface area contributed by atoms with Gasteiger partial charge in [-0.25, -0.2) is 4.98 Å². The molecule has 0 atom stereocenters. The highest BCUT2D eigenvalue weighted by Crippen LogP contribution is 2.36. The first-order valence-electron chi connectivity index (χ1n) is 10.4. The van der Waals surface area contributed by atoms with Crippen molar-refractivity contribution in [2.24, 2.45) is 7.05 Å². The zero-order valence-corrected chi connectivity index (χ0v) is 17.4. The van der Waals surface area contributed by atoms with Crippen LogP contribution in [-0.2, 0) is 7.05 Å². The molecule has 0 spiro atoms. The van der Waals surface area contributed by atoms with Crippen LogP contribution in [0.25, 0.3) is 43.6 Å². The number of hydrogen-bond donors (Lipinski definition) is 0. The van der Waals surface area contributed by atoms with E-state index < -0.39 is 0 Å². The molecule has 4 aromatic carbocycles. The molecule has 0 aliphatic heterocycles. The Labute approximate surface area is 179 Å². The fourth-order valence-electron chi connectivity index (χ4n) is 4.65. The van der Waals surface area contributed by atoms with Crippen LogP contribution in [0.1, 0.15) is 21.5 Å². The van der Waals surface area contributed by atoms with E-state index in [4.69, 9.17) is 4.98 Å². The standard InChI is InChI=1S/C28H20N2O/c1-17-11-13-18(14-12-17)28(31)25-26-20(15-19-7-3-5-9-23(19)29-26)16-22-21-8-4-6-10-24(21)30(2)27(22)25/h3-16H,1-2H3. The SMILES string of the molecule is Cc1ccc(C(=O)c2c3nc4ccccc4cc3cc3c4ccccc4n(C)c23)cc1. The highest BCUT2D eigenvalue weighted by Gasteiger charge is 2.22. The van der Waals surface area contributed by atoms with Gasteiger partial charge in [-0.15, -0.1) is 0 Å². The lowest BCUT2D eigenvalue weighted by Crippen LogP contribution is -2.06. The Morgan fingerprint density at radius 3 is 2.39 bits per heavy atom.